The van der Waals surface area contributed by atoms with Crippen molar-refractivity contribution in [1.29, 1.82) is 0 Å². The summed E-state index contributed by atoms with van der Waals surface area (Å²) in [6.07, 6.45) is 5.35. The van der Waals surface area contributed by atoms with Crippen LogP contribution < -0.4 is 5.43 Å². The molecular formula is C10H14N4OS. The van der Waals surface area contributed by atoms with E-state index in [1.54, 1.807) is 24.0 Å². The number of hydrogen-bond donors (Lipinski definition) is 1. The minimum absolute atomic E-state index is 0.328. The largest absolute Gasteiger partial charge is 0.606 e. The second-order valence-electron chi connectivity index (χ2n) is 3.72. The Kier molecular flexibility index (Phi) is 3.13. The van der Waals surface area contributed by atoms with Crippen LogP contribution in [-0.4, -0.2) is 27.5 Å². The van der Waals surface area contributed by atoms with E-state index in [0.29, 0.717) is 18.9 Å². The summed E-state index contributed by atoms with van der Waals surface area (Å²) >= 11 is 1.66. The summed E-state index contributed by atoms with van der Waals surface area (Å²) in [5, 5.41) is 12.1. The summed E-state index contributed by atoms with van der Waals surface area (Å²) < 4.78 is -0.518. The van der Waals surface area contributed by atoms with E-state index in [9.17, 15) is 5.21 Å². The number of aromatic nitrogens is 2. The van der Waals surface area contributed by atoms with Gasteiger partial charge in [0.2, 0.25) is 0 Å². The van der Waals surface area contributed by atoms with E-state index in [1.807, 2.05) is 6.26 Å². The molecule has 5 nitrogen and oxygen atoms in total. The first-order chi connectivity index (χ1) is 7.67. The molecule has 0 radical (unpaired) electrons. The third-order valence-electron chi connectivity index (χ3n) is 2.35. The number of nitrogens with one attached hydrogen (secondary N) is 1. The smallest absolute Gasteiger partial charge is 0.186 e. The Morgan fingerprint density at radius 2 is 2.56 bits per heavy atom. The van der Waals surface area contributed by atoms with E-state index in [-0.39, 0.29) is 0 Å². The van der Waals surface area contributed by atoms with Crippen molar-refractivity contribution >= 4 is 17.6 Å². The first-order valence-electron chi connectivity index (χ1n) is 4.98. The normalized spacial score (nSPS) is 22.6. The van der Waals surface area contributed by atoms with Gasteiger partial charge in [-0.1, -0.05) is 6.58 Å². The number of fused-ring (bicyclic) bond motifs is 1. The monoisotopic (exact) mass is 238 g/mol. The van der Waals surface area contributed by atoms with Crippen molar-refractivity contribution in [3.8, 4) is 0 Å². The van der Waals surface area contributed by atoms with Crippen LogP contribution in [0.3, 0.4) is 0 Å². The highest BCUT2D eigenvalue weighted by atomic mass is 32.2. The molecule has 86 valence electrons. The van der Waals surface area contributed by atoms with Gasteiger partial charge in [-0.3, -0.25) is 0 Å². The maximum absolute atomic E-state index is 12.1. The summed E-state index contributed by atoms with van der Waals surface area (Å²) in [7, 11) is 0. The van der Waals surface area contributed by atoms with E-state index < -0.39 is 4.76 Å². The SMILES string of the molecule is C=CC[N+]1([O-])Cc2cnc(CSC)nc2N1. The summed E-state index contributed by atoms with van der Waals surface area (Å²) in [5.41, 5.74) is 3.74. The third-order valence-corrected chi connectivity index (χ3v) is 2.89. The summed E-state index contributed by atoms with van der Waals surface area (Å²) in [4.78, 5) is 8.55. The molecule has 6 heteroatoms. The lowest BCUT2D eigenvalue weighted by Crippen LogP contribution is -2.42. The van der Waals surface area contributed by atoms with E-state index in [1.165, 1.54) is 0 Å². The van der Waals surface area contributed by atoms with Crippen molar-refractivity contribution in [1.82, 2.24) is 9.97 Å². The Hall–Kier alpha value is -1.11. The molecule has 1 aliphatic rings. The topological polar surface area (TPSA) is 60.9 Å². The maximum atomic E-state index is 12.1. The van der Waals surface area contributed by atoms with Gasteiger partial charge in [-0.15, -0.1) is 0 Å². The van der Waals surface area contributed by atoms with E-state index in [2.05, 4.69) is 22.0 Å². The molecule has 1 atom stereocenters. The molecule has 2 heterocycles. The molecule has 16 heavy (non-hydrogen) atoms. The molecule has 1 N–H and O–H groups in total. The zero-order chi connectivity index (χ0) is 11.6. The predicted molar refractivity (Wildman–Crippen MR) is 65.3 cm³/mol. The van der Waals surface area contributed by atoms with Crippen LogP contribution in [-0.2, 0) is 12.3 Å². The number of anilines is 1. The quantitative estimate of drug-likeness (QED) is 0.491. The van der Waals surface area contributed by atoms with Gasteiger partial charge in [0.05, 0.1) is 11.3 Å². The molecule has 0 bridgehead atoms. The van der Waals surface area contributed by atoms with Gasteiger partial charge in [0.15, 0.2) is 5.82 Å². The Balaban J connectivity index is 2.20. The number of nitrogens with zero attached hydrogens (tertiary/aromatic N) is 3. The zero-order valence-corrected chi connectivity index (χ0v) is 9.96. The average molecular weight is 238 g/mol. The molecule has 0 fully saturated rings. The van der Waals surface area contributed by atoms with Gasteiger partial charge >= 0.3 is 0 Å². The fourth-order valence-electron chi connectivity index (χ4n) is 1.68. The zero-order valence-electron chi connectivity index (χ0n) is 9.14. The van der Waals surface area contributed by atoms with Gasteiger partial charge in [-0.05, 0) is 12.3 Å². The lowest BCUT2D eigenvalue weighted by Gasteiger charge is -2.35. The molecule has 0 amide bonds. The number of rotatable bonds is 4. The summed E-state index contributed by atoms with van der Waals surface area (Å²) in [5.74, 6) is 2.18. The third kappa shape index (κ3) is 2.18. The predicted octanol–water partition coefficient (Wildman–Crippen LogP) is 1.68. The van der Waals surface area contributed by atoms with Crippen LogP contribution in [0.2, 0.25) is 0 Å². The standard InChI is InChI=1S/C10H14N4OS/c1-3-4-14(15)6-8-5-11-9(7-16-2)12-10(8)13-14/h3,5H,1,4,6-7H2,2H3,(H,11,12,13). The van der Waals surface area contributed by atoms with Crippen LogP contribution in [0.5, 0.6) is 0 Å². The van der Waals surface area contributed by atoms with Crippen LogP contribution in [0.25, 0.3) is 0 Å². The van der Waals surface area contributed by atoms with Crippen molar-refractivity contribution in [2.45, 2.75) is 12.3 Å². The Morgan fingerprint density at radius 3 is 3.25 bits per heavy atom. The molecule has 1 aliphatic heterocycles. The van der Waals surface area contributed by atoms with Crippen molar-refractivity contribution in [3.05, 3.63) is 35.4 Å². The number of hydrogen-bond acceptors (Lipinski definition) is 5. The molecule has 0 saturated heterocycles. The van der Waals surface area contributed by atoms with Crippen molar-refractivity contribution in [3.63, 3.8) is 0 Å². The molecule has 0 aromatic carbocycles. The van der Waals surface area contributed by atoms with Gasteiger partial charge in [0, 0.05) is 6.20 Å². The average Bonchev–Trinajstić information content (AvgIpc) is 2.54. The van der Waals surface area contributed by atoms with Crippen LogP contribution in [0.4, 0.5) is 5.82 Å². The van der Waals surface area contributed by atoms with Gasteiger partial charge in [0.1, 0.15) is 18.9 Å². The van der Waals surface area contributed by atoms with E-state index in [4.69, 9.17) is 0 Å². The fourth-order valence-corrected chi connectivity index (χ4v) is 2.08. The van der Waals surface area contributed by atoms with Crippen molar-refractivity contribution < 1.29 is 4.76 Å². The number of hydroxylamine groups is 2. The number of thioether (sulfide) groups is 1. The van der Waals surface area contributed by atoms with Crippen LogP contribution in [0.15, 0.2) is 18.9 Å². The minimum atomic E-state index is -0.518. The highest BCUT2D eigenvalue weighted by Gasteiger charge is 2.29. The Labute approximate surface area is 98.7 Å². The maximum Gasteiger partial charge on any atom is 0.186 e. The summed E-state index contributed by atoms with van der Waals surface area (Å²) in [6.45, 7) is 4.27. The summed E-state index contributed by atoms with van der Waals surface area (Å²) in [6, 6.07) is 0. The van der Waals surface area contributed by atoms with Gasteiger partial charge in [-0.25, -0.2) is 20.1 Å². The van der Waals surface area contributed by atoms with Crippen LogP contribution in [0.1, 0.15) is 11.4 Å². The van der Waals surface area contributed by atoms with E-state index >= 15 is 0 Å². The molecule has 1 aromatic rings. The Morgan fingerprint density at radius 1 is 1.75 bits per heavy atom. The molecule has 1 unspecified atom stereocenters. The molecule has 0 saturated carbocycles. The van der Waals surface area contributed by atoms with E-state index in [0.717, 1.165) is 17.1 Å². The molecule has 2 rings (SSSR count). The van der Waals surface area contributed by atoms with Gasteiger partial charge in [0.25, 0.3) is 0 Å². The molecular weight excluding hydrogens is 224 g/mol. The fraction of sp³-hybridized carbons (Fsp3) is 0.400. The minimum Gasteiger partial charge on any atom is -0.606 e. The van der Waals surface area contributed by atoms with Crippen LogP contribution >= 0.6 is 11.8 Å². The lowest BCUT2D eigenvalue weighted by atomic mass is 10.3. The second kappa shape index (κ2) is 4.40. The van der Waals surface area contributed by atoms with Gasteiger partial charge < -0.3 is 5.21 Å². The molecule has 0 spiro atoms. The van der Waals surface area contributed by atoms with Crippen molar-refractivity contribution in [2.75, 3.05) is 18.2 Å². The number of quaternary nitrogens is 1. The highest BCUT2D eigenvalue weighted by Crippen LogP contribution is 2.27. The first kappa shape index (κ1) is 11.4. The molecule has 1 aromatic heterocycles. The molecule has 0 aliphatic carbocycles. The lowest BCUT2D eigenvalue weighted by molar-refractivity contribution is -0.861. The first-order valence-corrected chi connectivity index (χ1v) is 6.37. The second-order valence-corrected chi connectivity index (χ2v) is 4.59. The van der Waals surface area contributed by atoms with Crippen molar-refractivity contribution in [2.24, 2.45) is 0 Å². The highest BCUT2D eigenvalue weighted by molar-refractivity contribution is 7.97. The van der Waals surface area contributed by atoms with Crippen LogP contribution in [0, 0.1) is 5.21 Å². The van der Waals surface area contributed by atoms with Gasteiger partial charge in [-0.2, -0.15) is 11.8 Å². The Bertz CT molecular complexity index is 412.